The quantitative estimate of drug-likeness (QED) is 0.554. The zero-order valence-electron chi connectivity index (χ0n) is 17.1. The van der Waals surface area contributed by atoms with Gasteiger partial charge in [0.2, 0.25) is 0 Å². The number of piperidine rings is 1. The largest absolute Gasteiger partial charge is 0.354 e. The molecule has 0 bridgehead atoms. The van der Waals surface area contributed by atoms with Gasteiger partial charge in [-0.3, -0.25) is 9.89 Å². The van der Waals surface area contributed by atoms with Crippen LogP contribution in [0.5, 0.6) is 0 Å². The molecule has 2 N–H and O–H groups in total. The van der Waals surface area contributed by atoms with Gasteiger partial charge in [-0.1, -0.05) is 6.07 Å². The Morgan fingerprint density at radius 1 is 1.34 bits per heavy atom. The lowest BCUT2D eigenvalue weighted by atomic mass is 10.0. The van der Waals surface area contributed by atoms with Crippen molar-refractivity contribution in [2.75, 3.05) is 39.1 Å². The standard InChI is InChI=1S/C20H28F2N6S/c1-23-19(24-10-15-13-29-20(26-15)27(2)3)25-14-6-5-9-28(11-14)12-16-17(21)7-4-8-18(16)22/h4,7-8,13-14H,5-6,9-12H2,1-3H3,(H2,23,24,25). The first kappa shape index (κ1) is 21.4. The Balaban J connectivity index is 1.53. The van der Waals surface area contributed by atoms with Crippen LogP contribution in [0.4, 0.5) is 13.9 Å². The number of aromatic nitrogens is 1. The van der Waals surface area contributed by atoms with E-state index in [2.05, 4.69) is 25.5 Å². The summed E-state index contributed by atoms with van der Waals surface area (Å²) in [6, 6.07) is 4.18. The number of guanidine groups is 1. The van der Waals surface area contributed by atoms with Crippen molar-refractivity contribution in [3.8, 4) is 0 Å². The van der Waals surface area contributed by atoms with Crippen LogP contribution in [0.1, 0.15) is 24.1 Å². The SMILES string of the molecule is CN=C(NCc1csc(N(C)C)n1)NC1CCCN(Cc2c(F)cccc2F)C1. The summed E-state index contributed by atoms with van der Waals surface area (Å²) in [5.41, 5.74) is 1.10. The highest BCUT2D eigenvalue weighted by Crippen LogP contribution is 2.19. The second kappa shape index (κ2) is 9.98. The number of likely N-dealkylation sites (tertiary alicyclic amines) is 1. The van der Waals surface area contributed by atoms with E-state index in [1.165, 1.54) is 18.2 Å². The number of rotatable bonds is 6. The summed E-state index contributed by atoms with van der Waals surface area (Å²) in [5.74, 6) is -0.274. The van der Waals surface area contributed by atoms with Crippen molar-refractivity contribution in [3.05, 3.63) is 46.5 Å². The average Bonchev–Trinajstić information content (AvgIpc) is 3.18. The molecule has 1 aromatic carbocycles. The molecule has 2 heterocycles. The summed E-state index contributed by atoms with van der Waals surface area (Å²) in [6.07, 6.45) is 1.95. The van der Waals surface area contributed by atoms with Gasteiger partial charge < -0.3 is 15.5 Å². The minimum atomic E-state index is -0.488. The van der Waals surface area contributed by atoms with Crippen LogP contribution in [0, 0.1) is 11.6 Å². The van der Waals surface area contributed by atoms with Gasteiger partial charge in [0.15, 0.2) is 11.1 Å². The molecule has 2 aromatic rings. The van der Waals surface area contributed by atoms with Crippen molar-refractivity contribution < 1.29 is 8.78 Å². The summed E-state index contributed by atoms with van der Waals surface area (Å²) in [6.45, 7) is 2.38. The van der Waals surface area contributed by atoms with E-state index in [0.29, 0.717) is 19.0 Å². The third-order valence-corrected chi connectivity index (χ3v) is 5.93. The van der Waals surface area contributed by atoms with Crippen LogP contribution in [0.15, 0.2) is 28.6 Å². The van der Waals surface area contributed by atoms with E-state index in [-0.39, 0.29) is 18.2 Å². The highest BCUT2D eigenvalue weighted by atomic mass is 32.1. The lowest BCUT2D eigenvalue weighted by molar-refractivity contribution is 0.188. The first-order chi connectivity index (χ1) is 14.0. The van der Waals surface area contributed by atoms with Crippen LogP contribution < -0.4 is 15.5 Å². The van der Waals surface area contributed by atoms with Gasteiger partial charge in [0, 0.05) is 51.2 Å². The van der Waals surface area contributed by atoms with Crippen LogP contribution in [0.25, 0.3) is 0 Å². The Labute approximate surface area is 174 Å². The molecular weight excluding hydrogens is 394 g/mol. The maximum Gasteiger partial charge on any atom is 0.191 e. The van der Waals surface area contributed by atoms with Crippen LogP contribution in [-0.4, -0.2) is 56.1 Å². The maximum absolute atomic E-state index is 14.0. The maximum atomic E-state index is 14.0. The predicted molar refractivity (Wildman–Crippen MR) is 114 cm³/mol. The molecule has 3 rings (SSSR count). The molecular formula is C20H28F2N6S. The Bertz CT molecular complexity index is 818. The number of thiazole rings is 1. The average molecular weight is 423 g/mol. The van der Waals surface area contributed by atoms with Gasteiger partial charge in [-0.15, -0.1) is 11.3 Å². The molecule has 9 heteroatoms. The van der Waals surface area contributed by atoms with Crippen molar-refractivity contribution in [2.24, 2.45) is 4.99 Å². The van der Waals surface area contributed by atoms with Gasteiger partial charge in [-0.2, -0.15) is 0 Å². The number of benzene rings is 1. The van der Waals surface area contributed by atoms with Gasteiger partial charge in [-0.25, -0.2) is 13.8 Å². The lowest BCUT2D eigenvalue weighted by Gasteiger charge is -2.34. The number of hydrogen-bond donors (Lipinski definition) is 2. The molecule has 158 valence electrons. The molecule has 1 aliphatic rings. The Hall–Kier alpha value is -2.26. The summed E-state index contributed by atoms with van der Waals surface area (Å²) >= 11 is 1.60. The second-order valence-corrected chi connectivity index (χ2v) is 8.20. The molecule has 0 aliphatic carbocycles. The molecule has 1 fully saturated rings. The van der Waals surface area contributed by atoms with Crippen LogP contribution >= 0.6 is 11.3 Å². The van der Waals surface area contributed by atoms with Gasteiger partial charge >= 0.3 is 0 Å². The number of nitrogens with one attached hydrogen (secondary N) is 2. The van der Waals surface area contributed by atoms with E-state index in [9.17, 15) is 8.78 Å². The van der Waals surface area contributed by atoms with Crippen LogP contribution in [0.2, 0.25) is 0 Å². The van der Waals surface area contributed by atoms with E-state index in [1.807, 2.05) is 24.4 Å². The highest BCUT2D eigenvalue weighted by Gasteiger charge is 2.22. The van der Waals surface area contributed by atoms with Gasteiger partial charge in [0.05, 0.1) is 12.2 Å². The Kier molecular flexibility index (Phi) is 7.38. The second-order valence-electron chi connectivity index (χ2n) is 7.36. The molecule has 0 spiro atoms. The fourth-order valence-corrected chi connectivity index (χ4v) is 4.13. The minimum Gasteiger partial charge on any atom is -0.354 e. The molecule has 0 saturated carbocycles. The number of halogens is 2. The number of nitrogens with zero attached hydrogens (tertiary/aromatic N) is 4. The molecule has 1 atom stereocenters. The molecule has 1 saturated heterocycles. The summed E-state index contributed by atoms with van der Waals surface area (Å²) < 4.78 is 27.9. The topological polar surface area (TPSA) is 55.8 Å². The minimum absolute atomic E-state index is 0.135. The molecule has 1 aliphatic heterocycles. The normalized spacial score (nSPS) is 18.0. The van der Waals surface area contributed by atoms with E-state index in [4.69, 9.17) is 0 Å². The zero-order chi connectivity index (χ0) is 20.8. The van der Waals surface area contributed by atoms with Gasteiger partial charge in [0.1, 0.15) is 11.6 Å². The van der Waals surface area contributed by atoms with E-state index < -0.39 is 11.6 Å². The van der Waals surface area contributed by atoms with E-state index in [1.54, 1.807) is 18.4 Å². The Morgan fingerprint density at radius 3 is 2.76 bits per heavy atom. The third-order valence-electron chi connectivity index (χ3n) is 4.87. The monoisotopic (exact) mass is 422 g/mol. The molecule has 1 unspecified atom stereocenters. The molecule has 29 heavy (non-hydrogen) atoms. The molecule has 0 radical (unpaired) electrons. The first-order valence-corrected chi connectivity index (χ1v) is 10.6. The highest BCUT2D eigenvalue weighted by molar-refractivity contribution is 7.13. The fourth-order valence-electron chi connectivity index (χ4n) is 3.37. The molecule has 6 nitrogen and oxygen atoms in total. The van der Waals surface area contributed by atoms with Crippen molar-refractivity contribution in [1.29, 1.82) is 0 Å². The van der Waals surface area contributed by atoms with Crippen molar-refractivity contribution in [1.82, 2.24) is 20.5 Å². The first-order valence-electron chi connectivity index (χ1n) is 9.70. The Morgan fingerprint density at radius 2 is 2.10 bits per heavy atom. The number of anilines is 1. The summed E-state index contributed by atoms with van der Waals surface area (Å²) in [7, 11) is 5.67. The summed E-state index contributed by atoms with van der Waals surface area (Å²) in [5, 5.41) is 9.71. The number of hydrogen-bond acceptors (Lipinski definition) is 5. The van der Waals surface area contributed by atoms with Crippen molar-refractivity contribution >= 4 is 22.4 Å². The van der Waals surface area contributed by atoms with Gasteiger partial charge in [-0.05, 0) is 31.5 Å². The third kappa shape index (κ3) is 5.86. The summed E-state index contributed by atoms with van der Waals surface area (Å²) in [4.78, 5) is 12.9. The molecule has 1 aromatic heterocycles. The van der Waals surface area contributed by atoms with E-state index >= 15 is 0 Å². The molecule has 0 amide bonds. The number of aliphatic imine (C=N–C) groups is 1. The van der Waals surface area contributed by atoms with Gasteiger partial charge in [0.25, 0.3) is 0 Å². The lowest BCUT2D eigenvalue weighted by Crippen LogP contribution is -2.50. The van der Waals surface area contributed by atoms with Crippen LogP contribution in [0.3, 0.4) is 0 Å². The zero-order valence-corrected chi connectivity index (χ0v) is 17.9. The van der Waals surface area contributed by atoms with Crippen molar-refractivity contribution in [3.63, 3.8) is 0 Å². The fraction of sp³-hybridized carbons (Fsp3) is 0.500. The van der Waals surface area contributed by atoms with Crippen LogP contribution in [-0.2, 0) is 13.1 Å². The predicted octanol–water partition coefficient (Wildman–Crippen LogP) is 2.82. The smallest absolute Gasteiger partial charge is 0.191 e. The van der Waals surface area contributed by atoms with Crippen molar-refractivity contribution in [2.45, 2.75) is 32.0 Å². The van der Waals surface area contributed by atoms with E-state index in [0.717, 1.165) is 30.2 Å².